The van der Waals surface area contributed by atoms with Crippen molar-refractivity contribution in [1.82, 2.24) is 15.5 Å². The SMILES string of the molecule is CCC(NC)C(C)c1nc(C2CC3CCC2O3)no1. The lowest BCUT2D eigenvalue weighted by molar-refractivity contribution is 0.0996. The molecule has 2 bridgehead atoms. The summed E-state index contributed by atoms with van der Waals surface area (Å²) in [5.41, 5.74) is 0. The highest BCUT2D eigenvalue weighted by Crippen LogP contribution is 2.43. The molecule has 1 N–H and O–H groups in total. The molecular weight excluding hydrogens is 242 g/mol. The van der Waals surface area contributed by atoms with E-state index in [1.165, 1.54) is 6.42 Å². The van der Waals surface area contributed by atoms with Gasteiger partial charge in [-0.25, -0.2) is 0 Å². The smallest absolute Gasteiger partial charge is 0.231 e. The topological polar surface area (TPSA) is 60.2 Å². The minimum atomic E-state index is 0.246. The molecule has 5 heteroatoms. The predicted molar refractivity (Wildman–Crippen MR) is 71.1 cm³/mol. The summed E-state index contributed by atoms with van der Waals surface area (Å²) >= 11 is 0. The van der Waals surface area contributed by atoms with Gasteiger partial charge in [0.15, 0.2) is 5.82 Å². The van der Waals surface area contributed by atoms with Crippen molar-refractivity contribution in [2.45, 2.75) is 69.6 Å². The number of nitrogens with one attached hydrogen (secondary N) is 1. The van der Waals surface area contributed by atoms with Gasteiger partial charge in [-0.1, -0.05) is 19.0 Å². The number of likely N-dealkylation sites (N-methyl/N-ethyl adjacent to an activating group) is 1. The molecule has 1 aromatic heterocycles. The number of ether oxygens (including phenoxy) is 1. The molecule has 0 amide bonds. The average Bonchev–Trinajstić information content (AvgIpc) is 3.15. The maximum atomic E-state index is 5.86. The van der Waals surface area contributed by atoms with Crippen LogP contribution in [0.1, 0.15) is 63.1 Å². The Labute approximate surface area is 114 Å². The van der Waals surface area contributed by atoms with Gasteiger partial charge in [-0.2, -0.15) is 4.98 Å². The van der Waals surface area contributed by atoms with Crippen LogP contribution in [0.3, 0.4) is 0 Å². The number of fused-ring (bicyclic) bond motifs is 2. The van der Waals surface area contributed by atoms with Gasteiger partial charge in [0, 0.05) is 6.04 Å². The van der Waals surface area contributed by atoms with E-state index in [1.807, 2.05) is 7.05 Å². The number of hydrogen-bond acceptors (Lipinski definition) is 5. The largest absolute Gasteiger partial charge is 0.374 e. The van der Waals surface area contributed by atoms with Crippen molar-refractivity contribution in [1.29, 1.82) is 0 Å². The van der Waals surface area contributed by atoms with Gasteiger partial charge in [-0.05, 0) is 32.7 Å². The highest BCUT2D eigenvalue weighted by molar-refractivity contribution is 5.08. The van der Waals surface area contributed by atoms with Gasteiger partial charge in [0.05, 0.1) is 24.0 Å². The van der Waals surface area contributed by atoms with Gasteiger partial charge in [0.25, 0.3) is 0 Å². The van der Waals surface area contributed by atoms with Crippen molar-refractivity contribution >= 4 is 0 Å². The third-order valence-corrected chi connectivity index (χ3v) is 4.70. The second-order valence-corrected chi connectivity index (χ2v) is 5.80. The van der Waals surface area contributed by atoms with Crippen LogP contribution in [0, 0.1) is 0 Å². The Balaban J connectivity index is 1.72. The molecule has 3 rings (SSSR count). The van der Waals surface area contributed by atoms with Crippen molar-refractivity contribution in [3.05, 3.63) is 11.7 Å². The summed E-state index contributed by atoms with van der Waals surface area (Å²) in [7, 11) is 1.98. The molecule has 0 aromatic carbocycles. The van der Waals surface area contributed by atoms with Crippen LogP contribution in [0.2, 0.25) is 0 Å². The first kappa shape index (κ1) is 13.1. The quantitative estimate of drug-likeness (QED) is 0.884. The summed E-state index contributed by atoms with van der Waals surface area (Å²) < 4.78 is 11.3. The van der Waals surface area contributed by atoms with E-state index < -0.39 is 0 Å². The molecule has 5 atom stereocenters. The van der Waals surface area contributed by atoms with E-state index in [-0.39, 0.29) is 5.92 Å². The van der Waals surface area contributed by atoms with Crippen LogP contribution in [0.4, 0.5) is 0 Å². The average molecular weight is 265 g/mol. The first-order valence-electron chi connectivity index (χ1n) is 7.39. The predicted octanol–water partition coefficient (Wildman–Crippen LogP) is 2.21. The number of rotatable bonds is 5. The zero-order valence-electron chi connectivity index (χ0n) is 11.9. The molecule has 1 aromatic rings. The molecule has 2 aliphatic rings. The molecule has 0 saturated carbocycles. The normalized spacial score (nSPS) is 32.7. The Bertz CT molecular complexity index is 430. The highest BCUT2D eigenvalue weighted by Gasteiger charge is 2.43. The van der Waals surface area contributed by atoms with Crippen LogP contribution >= 0.6 is 0 Å². The lowest BCUT2D eigenvalue weighted by Gasteiger charge is -2.18. The van der Waals surface area contributed by atoms with E-state index in [9.17, 15) is 0 Å². The van der Waals surface area contributed by atoms with E-state index in [4.69, 9.17) is 9.26 Å². The summed E-state index contributed by atoms with van der Waals surface area (Å²) in [6.07, 6.45) is 5.18. The first-order chi connectivity index (χ1) is 9.22. The standard InChI is InChI=1S/C14H23N3O2/c1-4-11(15-3)8(2)14-16-13(17-19-14)10-7-9-5-6-12(10)18-9/h8-12,15H,4-7H2,1-3H3. The fourth-order valence-electron chi connectivity index (χ4n) is 3.47. The van der Waals surface area contributed by atoms with E-state index in [2.05, 4.69) is 29.3 Å². The lowest BCUT2D eigenvalue weighted by Crippen LogP contribution is -2.30. The van der Waals surface area contributed by atoms with Crippen LogP contribution < -0.4 is 5.32 Å². The summed E-state index contributed by atoms with van der Waals surface area (Å²) in [5.74, 6) is 2.19. The third-order valence-electron chi connectivity index (χ3n) is 4.70. The molecule has 0 aliphatic carbocycles. The molecule has 2 aliphatic heterocycles. The van der Waals surface area contributed by atoms with Crippen molar-refractivity contribution in [2.24, 2.45) is 0 Å². The van der Waals surface area contributed by atoms with Crippen LogP contribution in [-0.4, -0.2) is 35.4 Å². The Morgan fingerprint density at radius 3 is 2.84 bits per heavy atom. The van der Waals surface area contributed by atoms with E-state index in [0.29, 0.717) is 24.2 Å². The van der Waals surface area contributed by atoms with E-state index in [0.717, 1.165) is 31.0 Å². The second-order valence-electron chi connectivity index (χ2n) is 5.80. The van der Waals surface area contributed by atoms with Crippen molar-refractivity contribution in [3.63, 3.8) is 0 Å². The summed E-state index contributed by atoms with van der Waals surface area (Å²) in [6, 6.07) is 0.379. The molecule has 3 heterocycles. The van der Waals surface area contributed by atoms with Gasteiger partial charge in [-0.15, -0.1) is 0 Å². The molecule has 5 unspecified atom stereocenters. The molecule has 2 saturated heterocycles. The van der Waals surface area contributed by atoms with Crippen molar-refractivity contribution in [3.8, 4) is 0 Å². The first-order valence-corrected chi connectivity index (χ1v) is 7.39. The maximum absolute atomic E-state index is 5.86. The minimum Gasteiger partial charge on any atom is -0.374 e. The molecule has 19 heavy (non-hydrogen) atoms. The Kier molecular flexibility index (Phi) is 3.58. The zero-order chi connectivity index (χ0) is 13.4. The zero-order valence-corrected chi connectivity index (χ0v) is 11.9. The van der Waals surface area contributed by atoms with Crippen LogP contribution in [0.15, 0.2) is 4.52 Å². The third kappa shape index (κ3) is 2.30. The highest BCUT2D eigenvalue weighted by atomic mass is 16.5. The Morgan fingerprint density at radius 1 is 1.42 bits per heavy atom. The van der Waals surface area contributed by atoms with Crippen molar-refractivity contribution in [2.75, 3.05) is 7.05 Å². The van der Waals surface area contributed by atoms with E-state index in [1.54, 1.807) is 0 Å². The molecule has 0 radical (unpaired) electrons. The van der Waals surface area contributed by atoms with Crippen molar-refractivity contribution < 1.29 is 9.26 Å². The molecular formula is C14H23N3O2. The van der Waals surface area contributed by atoms with E-state index >= 15 is 0 Å². The monoisotopic (exact) mass is 265 g/mol. The molecule has 2 fully saturated rings. The van der Waals surface area contributed by atoms with Crippen LogP contribution in [0.5, 0.6) is 0 Å². The lowest BCUT2D eigenvalue weighted by atomic mass is 9.89. The number of nitrogens with zero attached hydrogens (tertiary/aromatic N) is 2. The fourth-order valence-corrected chi connectivity index (χ4v) is 3.47. The van der Waals surface area contributed by atoms with Gasteiger partial charge >= 0.3 is 0 Å². The fraction of sp³-hybridized carbons (Fsp3) is 0.857. The minimum absolute atomic E-state index is 0.246. The maximum Gasteiger partial charge on any atom is 0.231 e. The number of aromatic nitrogens is 2. The van der Waals surface area contributed by atoms with Gasteiger partial charge < -0.3 is 14.6 Å². The van der Waals surface area contributed by atoms with Crippen LogP contribution in [0.25, 0.3) is 0 Å². The molecule has 106 valence electrons. The summed E-state index contributed by atoms with van der Waals surface area (Å²) in [4.78, 5) is 4.63. The van der Waals surface area contributed by atoms with Gasteiger partial charge in [-0.3, -0.25) is 0 Å². The van der Waals surface area contributed by atoms with Crippen LogP contribution in [-0.2, 0) is 4.74 Å². The summed E-state index contributed by atoms with van der Waals surface area (Å²) in [5, 5.41) is 7.50. The Morgan fingerprint density at radius 2 is 2.26 bits per heavy atom. The van der Waals surface area contributed by atoms with Gasteiger partial charge in [0.1, 0.15) is 0 Å². The Hall–Kier alpha value is -0.940. The molecule has 0 spiro atoms. The van der Waals surface area contributed by atoms with Gasteiger partial charge in [0.2, 0.25) is 5.89 Å². The number of hydrogen-bond donors (Lipinski definition) is 1. The summed E-state index contributed by atoms with van der Waals surface area (Å²) in [6.45, 7) is 4.30. The second kappa shape index (κ2) is 5.21. The molecule has 5 nitrogen and oxygen atoms in total.